The number of anilines is 1. The number of aromatic hydroxyl groups is 1. The quantitative estimate of drug-likeness (QED) is 0.651. The molecule has 2 aromatic carbocycles. The number of phenols is 1. The smallest absolute Gasteiger partial charge is 0.339 e. The maximum absolute atomic E-state index is 12.7. The first kappa shape index (κ1) is 17.5. The number of rotatable bonds is 6. The Morgan fingerprint density at radius 1 is 1.04 bits per heavy atom. The number of hydrogen-bond acceptors (Lipinski definition) is 5. The van der Waals surface area contributed by atoms with Crippen molar-refractivity contribution in [3.8, 4) is 5.75 Å². The lowest BCUT2D eigenvalue weighted by Gasteiger charge is -2.21. The normalized spacial score (nSPS) is 10.3. The summed E-state index contributed by atoms with van der Waals surface area (Å²) < 4.78 is 4.46. The van der Waals surface area contributed by atoms with Gasteiger partial charge in [0.15, 0.2) is 5.78 Å². The van der Waals surface area contributed by atoms with Crippen molar-refractivity contribution >= 4 is 17.4 Å². The van der Waals surface area contributed by atoms with Gasteiger partial charge in [0.2, 0.25) is 0 Å². The molecule has 1 N–H and O–H groups in total. The van der Waals surface area contributed by atoms with Gasteiger partial charge in [-0.2, -0.15) is 0 Å². The Kier molecular flexibility index (Phi) is 5.58. The molecule has 0 saturated heterocycles. The number of hydrogen-bond donors (Lipinski definition) is 1. The molecular weight excluding hydrogens is 306 g/mol. The van der Waals surface area contributed by atoms with E-state index >= 15 is 0 Å². The topological polar surface area (TPSA) is 66.8 Å². The molecule has 5 nitrogen and oxygen atoms in total. The van der Waals surface area contributed by atoms with E-state index in [1.54, 1.807) is 30.3 Å². The SMILES string of the molecule is [CH2]OC(=O)c1ccccc1C(=O)c1ccc(N(CC)CC)cc1O. The highest BCUT2D eigenvalue weighted by Crippen LogP contribution is 2.27. The molecular formula is C19H20NO4. The van der Waals surface area contributed by atoms with Crippen molar-refractivity contribution in [2.45, 2.75) is 13.8 Å². The Morgan fingerprint density at radius 2 is 1.67 bits per heavy atom. The van der Waals surface area contributed by atoms with Crippen LogP contribution in [-0.2, 0) is 4.74 Å². The van der Waals surface area contributed by atoms with E-state index in [4.69, 9.17) is 0 Å². The molecule has 5 heteroatoms. The molecule has 0 aliphatic rings. The highest BCUT2D eigenvalue weighted by atomic mass is 16.5. The summed E-state index contributed by atoms with van der Waals surface area (Å²) in [7, 11) is 3.09. The van der Waals surface area contributed by atoms with E-state index < -0.39 is 11.8 Å². The standard InChI is InChI=1S/C19H20NO4/c1-4-20(5-2)13-10-11-16(17(21)12-13)18(22)14-8-6-7-9-15(14)19(23)24-3/h6-12,21H,3-5H2,1-2H3. The Labute approximate surface area is 141 Å². The molecule has 0 aromatic heterocycles. The van der Waals surface area contributed by atoms with Crippen LogP contribution in [0.15, 0.2) is 42.5 Å². The average molecular weight is 326 g/mol. The number of esters is 1. The Bertz CT molecular complexity index is 751. The maximum Gasteiger partial charge on any atom is 0.339 e. The number of ether oxygens (including phenoxy) is 1. The van der Waals surface area contributed by atoms with Crippen LogP contribution < -0.4 is 4.90 Å². The Hall–Kier alpha value is -2.82. The first-order chi connectivity index (χ1) is 11.5. The highest BCUT2D eigenvalue weighted by Gasteiger charge is 2.21. The van der Waals surface area contributed by atoms with Crippen LogP contribution in [0.4, 0.5) is 5.69 Å². The van der Waals surface area contributed by atoms with Gasteiger partial charge in [0.05, 0.1) is 11.1 Å². The van der Waals surface area contributed by atoms with Crippen molar-refractivity contribution in [1.82, 2.24) is 0 Å². The lowest BCUT2D eigenvalue weighted by atomic mass is 9.97. The van der Waals surface area contributed by atoms with Crippen molar-refractivity contribution < 1.29 is 19.4 Å². The third kappa shape index (κ3) is 3.40. The van der Waals surface area contributed by atoms with E-state index in [9.17, 15) is 14.7 Å². The van der Waals surface area contributed by atoms with Crippen LogP contribution in [0, 0.1) is 7.11 Å². The van der Waals surface area contributed by atoms with Gasteiger partial charge in [-0.05, 0) is 32.0 Å². The number of carbonyl (C=O) groups is 2. The van der Waals surface area contributed by atoms with E-state index in [1.807, 2.05) is 13.8 Å². The molecule has 0 spiro atoms. The zero-order chi connectivity index (χ0) is 17.7. The van der Waals surface area contributed by atoms with Gasteiger partial charge in [0.1, 0.15) is 12.9 Å². The minimum atomic E-state index is -0.696. The highest BCUT2D eigenvalue weighted by molar-refractivity contribution is 6.15. The number of nitrogens with zero attached hydrogens (tertiary/aromatic N) is 1. The number of benzene rings is 2. The summed E-state index contributed by atoms with van der Waals surface area (Å²) in [5.41, 5.74) is 1.25. The molecule has 0 saturated carbocycles. The van der Waals surface area contributed by atoms with Crippen LogP contribution in [0.2, 0.25) is 0 Å². The van der Waals surface area contributed by atoms with E-state index in [1.165, 1.54) is 12.1 Å². The molecule has 2 aromatic rings. The van der Waals surface area contributed by atoms with Gasteiger partial charge >= 0.3 is 5.97 Å². The molecule has 0 bridgehead atoms. The van der Waals surface area contributed by atoms with Crippen LogP contribution in [0.25, 0.3) is 0 Å². The van der Waals surface area contributed by atoms with E-state index in [2.05, 4.69) is 16.7 Å². The summed E-state index contributed by atoms with van der Waals surface area (Å²) in [6.07, 6.45) is 0. The van der Waals surface area contributed by atoms with Gasteiger partial charge in [0.25, 0.3) is 0 Å². The van der Waals surface area contributed by atoms with Gasteiger partial charge in [-0.3, -0.25) is 4.79 Å². The molecule has 0 amide bonds. The molecule has 0 atom stereocenters. The lowest BCUT2D eigenvalue weighted by molar-refractivity contribution is 0.0650. The summed E-state index contributed by atoms with van der Waals surface area (Å²) in [6.45, 7) is 5.61. The third-order valence-corrected chi connectivity index (χ3v) is 3.88. The van der Waals surface area contributed by atoms with Crippen LogP contribution in [-0.4, -0.2) is 29.9 Å². The maximum atomic E-state index is 12.7. The monoisotopic (exact) mass is 326 g/mol. The minimum absolute atomic E-state index is 0.115. The minimum Gasteiger partial charge on any atom is -0.507 e. The number of carbonyl (C=O) groups excluding carboxylic acids is 2. The summed E-state index contributed by atoms with van der Waals surface area (Å²) in [6, 6.07) is 11.2. The number of phenolic OH excluding ortho intramolecular Hbond substituents is 1. The van der Waals surface area contributed by atoms with E-state index in [0.29, 0.717) is 0 Å². The molecule has 1 radical (unpaired) electrons. The van der Waals surface area contributed by atoms with Gasteiger partial charge < -0.3 is 14.7 Å². The van der Waals surface area contributed by atoms with Gasteiger partial charge in [0, 0.05) is 30.4 Å². The molecule has 24 heavy (non-hydrogen) atoms. The van der Waals surface area contributed by atoms with Crippen molar-refractivity contribution in [2.75, 3.05) is 18.0 Å². The molecule has 2 rings (SSSR count). The van der Waals surface area contributed by atoms with Crippen LogP contribution in [0.5, 0.6) is 5.75 Å². The van der Waals surface area contributed by atoms with Crippen LogP contribution >= 0.6 is 0 Å². The second-order valence-electron chi connectivity index (χ2n) is 5.18. The molecule has 0 aliphatic heterocycles. The summed E-state index contributed by atoms with van der Waals surface area (Å²) in [4.78, 5) is 26.6. The molecule has 0 fully saturated rings. The summed E-state index contributed by atoms with van der Waals surface area (Å²) >= 11 is 0. The first-order valence-corrected chi connectivity index (χ1v) is 7.71. The van der Waals surface area contributed by atoms with E-state index in [0.717, 1.165) is 18.8 Å². The third-order valence-electron chi connectivity index (χ3n) is 3.88. The molecule has 0 unspecified atom stereocenters. The van der Waals surface area contributed by atoms with E-state index in [-0.39, 0.29) is 22.4 Å². The Morgan fingerprint density at radius 3 is 2.21 bits per heavy atom. The number of ketones is 1. The van der Waals surface area contributed by atoms with Crippen molar-refractivity contribution in [3.05, 3.63) is 66.3 Å². The van der Waals surface area contributed by atoms with Gasteiger partial charge in [-0.25, -0.2) is 4.79 Å². The van der Waals surface area contributed by atoms with Crippen LogP contribution in [0.1, 0.15) is 40.1 Å². The van der Waals surface area contributed by atoms with Gasteiger partial charge in [-0.15, -0.1) is 0 Å². The van der Waals surface area contributed by atoms with Gasteiger partial charge in [-0.1, -0.05) is 18.2 Å². The molecule has 0 heterocycles. The fourth-order valence-corrected chi connectivity index (χ4v) is 2.58. The molecule has 125 valence electrons. The zero-order valence-corrected chi connectivity index (χ0v) is 13.8. The largest absolute Gasteiger partial charge is 0.507 e. The molecule has 0 aliphatic carbocycles. The lowest BCUT2D eigenvalue weighted by Crippen LogP contribution is -2.21. The summed E-state index contributed by atoms with van der Waals surface area (Å²) in [5.74, 6) is -1.26. The van der Waals surface area contributed by atoms with Crippen LogP contribution in [0.3, 0.4) is 0 Å². The second-order valence-corrected chi connectivity index (χ2v) is 5.18. The predicted octanol–water partition coefficient (Wildman–Crippen LogP) is 3.42. The van der Waals surface area contributed by atoms with Crippen molar-refractivity contribution in [3.63, 3.8) is 0 Å². The second kappa shape index (κ2) is 7.64. The summed E-state index contributed by atoms with van der Waals surface area (Å²) in [5, 5.41) is 10.3. The fourth-order valence-electron chi connectivity index (χ4n) is 2.58. The first-order valence-electron chi connectivity index (χ1n) is 7.71. The zero-order valence-electron chi connectivity index (χ0n) is 13.8. The Balaban J connectivity index is 2.43. The van der Waals surface area contributed by atoms with Crippen molar-refractivity contribution in [2.24, 2.45) is 0 Å². The van der Waals surface area contributed by atoms with Crippen molar-refractivity contribution in [1.29, 1.82) is 0 Å². The average Bonchev–Trinajstić information content (AvgIpc) is 2.61. The predicted molar refractivity (Wildman–Crippen MR) is 92.3 cm³/mol. The fraction of sp³-hybridized carbons (Fsp3) is 0.211.